The lowest BCUT2D eigenvalue weighted by molar-refractivity contribution is -0.137. The number of hydrogen-bond donors (Lipinski definition) is 1. The van der Waals surface area contributed by atoms with Crippen molar-refractivity contribution in [3.05, 3.63) is 46.5 Å². The fourth-order valence-corrected chi connectivity index (χ4v) is 2.36. The molecule has 1 heterocycles. The zero-order valence-corrected chi connectivity index (χ0v) is 11.6. The van der Waals surface area contributed by atoms with E-state index < -0.39 is 23.3 Å². The molecular weight excluding hydrogens is 317 g/mol. The van der Waals surface area contributed by atoms with Crippen LogP contribution in [0.15, 0.2) is 35.2 Å². The van der Waals surface area contributed by atoms with Crippen LogP contribution < -0.4 is 0 Å². The molecule has 2 aromatic rings. The van der Waals surface area contributed by atoms with Gasteiger partial charge in [0.2, 0.25) is 0 Å². The van der Waals surface area contributed by atoms with Gasteiger partial charge in [-0.25, -0.2) is 9.78 Å². The molecule has 1 N–H and O–H groups in total. The van der Waals surface area contributed by atoms with Crippen LogP contribution in [0.25, 0.3) is 16.6 Å². The highest BCUT2D eigenvalue weighted by atomic mass is 32.1. The molecule has 0 aliphatic carbocycles. The summed E-state index contributed by atoms with van der Waals surface area (Å²) in [5, 5.41) is 19.4. The highest BCUT2D eigenvalue weighted by molar-refractivity contribution is 7.13. The fourth-order valence-electron chi connectivity index (χ4n) is 1.58. The summed E-state index contributed by atoms with van der Waals surface area (Å²) in [7, 11) is 0. The Hall–Kier alpha value is -2.66. The smallest absolute Gasteiger partial charge is 0.416 e. The molecule has 0 saturated heterocycles. The lowest BCUT2D eigenvalue weighted by Crippen LogP contribution is -2.03. The van der Waals surface area contributed by atoms with Crippen molar-refractivity contribution in [1.82, 2.24) is 4.98 Å². The quantitative estimate of drug-likeness (QED) is 0.688. The minimum absolute atomic E-state index is 0.263. The lowest BCUT2D eigenvalue weighted by atomic mass is 10.1. The zero-order chi connectivity index (χ0) is 16.3. The Morgan fingerprint density at radius 3 is 2.45 bits per heavy atom. The molecular formula is C14H7F3N2O2S. The summed E-state index contributed by atoms with van der Waals surface area (Å²) >= 11 is 1.14. The Balaban J connectivity index is 2.29. The first kappa shape index (κ1) is 15.7. The summed E-state index contributed by atoms with van der Waals surface area (Å²) in [6, 6.07) is 6.00. The average molecular weight is 324 g/mol. The number of carbonyl (C=O) groups is 1. The molecule has 22 heavy (non-hydrogen) atoms. The van der Waals surface area contributed by atoms with Crippen molar-refractivity contribution < 1.29 is 23.1 Å². The van der Waals surface area contributed by atoms with Crippen LogP contribution in [-0.4, -0.2) is 16.1 Å². The molecule has 112 valence electrons. The van der Waals surface area contributed by atoms with E-state index in [1.165, 1.54) is 23.6 Å². The van der Waals surface area contributed by atoms with Gasteiger partial charge in [0.15, 0.2) is 0 Å². The third kappa shape index (κ3) is 3.51. The molecule has 0 atom stereocenters. The molecule has 0 spiro atoms. The van der Waals surface area contributed by atoms with Crippen molar-refractivity contribution in [2.75, 3.05) is 0 Å². The molecule has 8 heteroatoms. The van der Waals surface area contributed by atoms with E-state index in [0.29, 0.717) is 10.6 Å². The minimum atomic E-state index is -4.40. The van der Waals surface area contributed by atoms with Gasteiger partial charge in [-0.15, -0.1) is 11.3 Å². The summed E-state index contributed by atoms with van der Waals surface area (Å²) in [5.41, 5.74) is -0.486. The molecule has 0 fully saturated rings. The van der Waals surface area contributed by atoms with Gasteiger partial charge in [0, 0.05) is 10.9 Å². The van der Waals surface area contributed by atoms with Gasteiger partial charge >= 0.3 is 12.1 Å². The van der Waals surface area contributed by atoms with Gasteiger partial charge in [-0.2, -0.15) is 18.4 Å². The fraction of sp³-hybridized carbons (Fsp3) is 0.0714. The van der Waals surface area contributed by atoms with Gasteiger partial charge in [0.25, 0.3) is 0 Å². The molecule has 0 radical (unpaired) electrons. The molecule has 4 nitrogen and oxygen atoms in total. The van der Waals surface area contributed by atoms with E-state index in [0.717, 1.165) is 29.5 Å². The first-order chi connectivity index (χ1) is 10.3. The number of hydrogen-bond acceptors (Lipinski definition) is 4. The summed E-state index contributed by atoms with van der Waals surface area (Å²) in [5.74, 6) is -1.37. The molecule has 0 aliphatic rings. The topological polar surface area (TPSA) is 74.0 Å². The van der Waals surface area contributed by atoms with E-state index >= 15 is 0 Å². The second-order valence-electron chi connectivity index (χ2n) is 4.13. The van der Waals surface area contributed by atoms with Crippen LogP contribution in [-0.2, 0) is 11.0 Å². The highest BCUT2D eigenvalue weighted by Crippen LogP contribution is 2.31. The predicted molar refractivity (Wildman–Crippen MR) is 73.8 cm³/mol. The number of nitrogens with zero attached hydrogens (tertiary/aromatic N) is 2. The molecule has 2 rings (SSSR count). The Labute approximate surface area is 126 Å². The molecule has 1 aromatic heterocycles. The molecule has 1 aromatic carbocycles. The third-order valence-electron chi connectivity index (χ3n) is 2.62. The van der Waals surface area contributed by atoms with Gasteiger partial charge in [0.1, 0.15) is 16.6 Å². The number of nitriles is 1. The number of carboxylic acids is 1. The van der Waals surface area contributed by atoms with Gasteiger partial charge in [0.05, 0.1) is 11.3 Å². The molecule has 0 amide bonds. The van der Waals surface area contributed by atoms with E-state index in [-0.39, 0.29) is 5.69 Å². The van der Waals surface area contributed by atoms with Crippen LogP contribution >= 0.6 is 11.3 Å². The average Bonchev–Trinajstić information content (AvgIpc) is 2.92. The number of aromatic nitrogens is 1. The summed E-state index contributed by atoms with van der Waals surface area (Å²) in [6.07, 6.45) is -3.30. The number of halogens is 3. The Morgan fingerprint density at radius 1 is 1.32 bits per heavy atom. The van der Waals surface area contributed by atoms with Crippen LogP contribution in [0.5, 0.6) is 0 Å². The zero-order valence-electron chi connectivity index (χ0n) is 10.8. The van der Waals surface area contributed by atoms with Crippen molar-refractivity contribution >= 4 is 23.4 Å². The second kappa shape index (κ2) is 5.99. The SMILES string of the molecule is N#C/C(=C\c1csc(-c2ccc(C(F)(F)F)cc2)n1)C(=O)O. The van der Waals surface area contributed by atoms with Gasteiger partial charge in [-0.3, -0.25) is 0 Å². The van der Waals surface area contributed by atoms with Crippen LogP contribution in [0, 0.1) is 11.3 Å². The first-order valence-corrected chi connectivity index (χ1v) is 6.67. The number of alkyl halides is 3. The van der Waals surface area contributed by atoms with Crippen LogP contribution in [0.3, 0.4) is 0 Å². The van der Waals surface area contributed by atoms with Crippen molar-refractivity contribution in [1.29, 1.82) is 5.26 Å². The lowest BCUT2D eigenvalue weighted by Gasteiger charge is -2.06. The van der Waals surface area contributed by atoms with Crippen molar-refractivity contribution in [2.24, 2.45) is 0 Å². The number of benzene rings is 1. The largest absolute Gasteiger partial charge is 0.477 e. The van der Waals surface area contributed by atoms with Gasteiger partial charge < -0.3 is 5.11 Å². The number of rotatable bonds is 3. The molecule has 0 bridgehead atoms. The Morgan fingerprint density at radius 2 is 1.95 bits per heavy atom. The minimum Gasteiger partial charge on any atom is -0.477 e. The van der Waals surface area contributed by atoms with E-state index in [2.05, 4.69) is 4.98 Å². The van der Waals surface area contributed by atoms with Gasteiger partial charge in [-0.05, 0) is 18.2 Å². The van der Waals surface area contributed by atoms with E-state index in [1.807, 2.05) is 0 Å². The maximum atomic E-state index is 12.5. The number of aliphatic carboxylic acids is 1. The Bertz CT molecular complexity index is 771. The standard InChI is InChI=1S/C14H7F3N2O2S/c15-14(16,17)10-3-1-8(2-4-10)12-19-11(7-22-12)5-9(6-18)13(20)21/h1-5,7H,(H,20,21)/b9-5+. The van der Waals surface area contributed by atoms with Crippen molar-refractivity contribution in [2.45, 2.75) is 6.18 Å². The van der Waals surface area contributed by atoms with Crippen LogP contribution in [0.1, 0.15) is 11.3 Å². The third-order valence-corrected chi connectivity index (χ3v) is 3.53. The van der Waals surface area contributed by atoms with E-state index in [9.17, 15) is 18.0 Å². The van der Waals surface area contributed by atoms with E-state index in [1.54, 1.807) is 0 Å². The summed E-state index contributed by atoms with van der Waals surface area (Å²) < 4.78 is 37.4. The maximum absolute atomic E-state index is 12.5. The van der Waals surface area contributed by atoms with Crippen LogP contribution in [0.2, 0.25) is 0 Å². The maximum Gasteiger partial charge on any atom is 0.416 e. The van der Waals surface area contributed by atoms with Crippen molar-refractivity contribution in [3.63, 3.8) is 0 Å². The molecule has 0 aliphatic heterocycles. The number of thiazole rings is 1. The van der Waals surface area contributed by atoms with E-state index in [4.69, 9.17) is 10.4 Å². The predicted octanol–water partition coefficient (Wildman–Crippen LogP) is 3.82. The monoisotopic (exact) mass is 324 g/mol. The van der Waals surface area contributed by atoms with Gasteiger partial charge in [-0.1, -0.05) is 12.1 Å². The van der Waals surface area contributed by atoms with Crippen LogP contribution in [0.4, 0.5) is 13.2 Å². The normalized spacial score (nSPS) is 12.0. The number of carboxylic acid groups (broad SMARTS) is 1. The first-order valence-electron chi connectivity index (χ1n) is 5.79. The Kier molecular flexibility index (Phi) is 4.28. The molecule has 0 unspecified atom stereocenters. The summed E-state index contributed by atoms with van der Waals surface area (Å²) in [6.45, 7) is 0. The second-order valence-corrected chi connectivity index (χ2v) is 4.99. The highest BCUT2D eigenvalue weighted by Gasteiger charge is 2.30. The molecule has 0 saturated carbocycles. The van der Waals surface area contributed by atoms with Crippen molar-refractivity contribution in [3.8, 4) is 16.6 Å². The summed E-state index contributed by atoms with van der Waals surface area (Å²) in [4.78, 5) is 14.8.